The summed E-state index contributed by atoms with van der Waals surface area (Å²) in [6, 6.07) is 4.46. The van der Waals surface area contributed by atoms with E-state index in [0.29, 0.717) is 24.9 Å². The molecule has 0 saturated carbocycles. The number of hydrogen-bond acceptors (Lipinski definition) is 5. The number of fused-ring (bicyclic) bond motifs is 1. The molecule has 8 nitrogen and oxygen atoms in total. The van der Waals surface area contributed by atoms with Gasteiger partial charge in [0.05, 0.1) is 16.3 Å². The lowest BCUT2D eigenvalue weighted by atomic mass is 9.98. The van der Waals surface area contributed by atoms with Gasteiger partial charge in [-0.25, -0.2) is 13.2 Å². The van der Waals surface area contributed by atoms with E-state index >= 15 is 0 Å². The largest absolute Gasteiger partial charge is 0.419 e. The number of hydrogen-bond donors (Lipinski definition) is 1. The summed E-state index contributed by atoms with van der Waals surface area (Å²) in [5, 5.41) is 2.93. The summed E-state index contributed by atoms with van der Waals surface area (Å²) in [4.78, 5) is 24.1. The van der Waals surface area contributed by atoms with Gasteiger partial charge in [0.25, 0.3) is 0 Å². The van der Waals surface area contributed by atoms with E-state index in [1.807, 2.05) is 13.8 Å². The molecule has 1 N–H and O–H groups in total. The van der Waals surface area contributed by atoms with Gasteiger partial charge >= 0.3 is 5.76 Å². The Morgan fingerprint density at radius 2 is 2.15 bits per heavy atom. The Labute approximate surface area is 158 Å². The lowest BCUT2D eigenvalue weighted by Crippen LogP contribution is -2.46. The van der Waals surface area contributed by atoms with E-state index in [2.05, 4.69) is 5.32 Å². The number of aryl methyl sites for hydroxylation is 1. The summed E-state index contributed by atoms with van der Waals surface area (Å²) < 4.78 is 33.8. The second-order valence-electron chi connectivity index (χ2n) is 7.08. The summed E-state index contributed by atoms with van der Waals surface area (Å²) in [6.07, 6.45) is 2.12. The zero-order valence-electron chi connectivity index (χ0n) is 15.8. The fourth-order valence-corrected chi connectivity index (χ4v) is 4.80. The van der Waals surface area contributed by atoms with Gasteiger partial charge in [-0.15, -0.1) is 0 Å². The number of benzene rings is 1. The normalized spacial score (nSPS) is 19.9. The predicted molar refractivity (Wildman–Crippen MR) is 101 cm³/mol. The van der Waals surface area contributed by atoms with Crippen LogP contribution in [0.1, 0.15) is 33.1 Å². The highest BCUT2D eigenvalue weighted by Gasteiger charge is 2.33. The Balaban J connectivity index is 1.84. The molecular formula is C18H25N3O5S. The molecule has 148 valence electrons. The van der Waals surface area contributed by atoms with Gasteiger partial charge in [-0.05, 0) is 38.3 Å². The molecule has 1 aromatic carbocycles. The molecular weight excluding hydrogens is 370 g/mol. The fraction of sp³-hybridized carbons (Fsp3) is 0.556. The van der Waals surface area contributed by atoms with Crippen molar-refractivity contribution in [2.75, 3.05) is 13.1 Å². The zero-order chi connectivity index (χ0) is 19.8. The highest BCUT2D eigenvalue weighted by molar-refractivity contribution is 7.89. The molecule has 1 saturated heterocycles. The number of nitrogens with one attached hydrogen (secondary N) is 1. The van der Waals surface area contributed by atoms with Crippen LogP contribution in [-0.4, -0.2) is 42.3 Å². The maximum atomic E-state index is 13.0. The maximum absolute atomic E-state index is 13.0. The van der Waals surface area contributed by atoms with Gasteiger partial charge in [0.2, 0.25) is 15.9 Å². The minimum Gasteiger partial charge on any atom is -0.408 e. The van der Waals surface area contributed by atoms with Crippen molar-refractivity contribution in [3.63, 3.8) is 0 Å². The van der Waals surface area contributed by atoms with E-state index in [9.17, 15) is 18.0 Å². The van der Waals surface area contributed by atoms with Crippen LogP contribution in [0.4, 0.5) is 0 Å². The van der Waals surface area contributed by atoms with Crippen molar-refractivity contribution in [2.24, 2.45) is 13.0 Å². The van der Waals surface area contributed by atoms with Gasteiger partial charge in [-0.2, -0.15) is 4.31 Å². The third-order valence-electron chi connectivity index (χ3n) is 5.16. The number of aromatic nitrogens is 1. The molecule has 1 aromatic heterocycles. The Morgan fingerprint density at radius 3 is 2.85 bits per heavy atom. The second-order valence-corrected chi connectivity index (χ2v) is 9.01. The monoisotopic (exact) mass is 395 g/mol. The number of rotatable bonds is 5. The molecule has 1 amide bonds. The van der Waals surface area contributed by atoms with E-state index in [0.717, 1.165) is 6.42 Å². The number of oxazole rings is 1. The Hall–Kier alpha value is -2.13. The lowest BCUT2D eigenvalue weighted by Gasteiger charge is -2.31. The number of sulfonamides is 1. The van der Waals surface area contributed by atoms with Gasteiger partial charge in [-0.3, -0.25) is 9.36 Å². The molecule has 0 unspecified atom stereocenters. The van der Waals surface area contributed by atoms with Crippen LogP contribution < -0.4 is 11.1 Å². The SMILES string of the molecule is CC[C@H](C)NC(=O)[C@@H]1CCCN(S(=O)(=O)c2ccc3c(c2)oc(=O)n3C)C1. The van der Waals surface area contributed by atoms with Crippen LogP contribution in [-0.2, 0) is 21.9 Å². The molecule has 3 rings (SSSR count). The van der Waals surface area contributed by atoms with Crippen molar-refractivity contribution in [3.05, 3.63) is 28.7 Å². The molecule has 0 radical (unpaired) electrons. The Morgan fingerprint density at radius 1 is 1.41 bits per heavy atom. The fourth-order valence-electron chi connectivity index (χ4n) is 3.26. The zero-order valence-corrected chi connectivity index (χ0v) is 16.6. The molecule has 27 heavy (non-hydrogen) atoms. The van der Waals surface area contributed by atoms with Crippen molar-refractivity contribution in [3.8, 4) is 0 Å². The number of carbonyl (C=O) groups excluding carboxylic acids is 1. The Bertz CT molecular complexity index is 1010. The van der Waals surface area contributed by atoms with Crippen LogP contribution in [0, 0.1) is 5.92 Å². The average molecular weight is 395 g/mol. The van der Waals surface area contributed by atoms with Crippen molar-refractivity contribution < 1.29 is 17.6 Å². The molecule has 0 aliphatic carbocycles. The van der Waals surface area contributed by atoms with Gasteiger partial charge in [0.15, 0.2) is 5.58 Å². The molecule has 1 fully saturated rings. The summed E-state index contributed by atoms with van der Waals surface area (Å²) in [5.74, 6) is -1.01. The van der Waals surface area contributed by atoms with Crippen molar-refractivity contribution >= 4 is 27.0 Å². The third-order valence-corrected chi connectivity index (χ3v) is 7.02. The van der Waals surface area contributed by atoms with Crippen LogP contribution in [0.3, 0.4) is 0 Å². The molecule has 2 aromatic rings. The van der Waals surface area contributed by atoms with Gasteiger partial charge in [-0.1, -0.05) is 6.92 Å². The maximum Gasteiger partial charge on any atom is 0.419 e. The van der Waals surface area contributed by atoms with Crippen molar-refractivity contribution in [1.82, 2.24) is 14.2 Å². The first kappa shape index (κ1) is 19.6. The van der Waals surface area contributed by atoms with E-state index in [1.165, 1.54) is 21.0 Å². The molecule has 2 heterocycles. The van der Waals surface area contributed by atoms with Gasteiger partial charge in [0, 0.05) is 32.2 Å². The van der Waals surface area contributed by atoms with E-state index in [-0.39, 0.29) is 34.9 Å². The van der Waals surface area contributed by atoms with Crippen molar-refractivity contribution in [2.45, 2.75) is 44.0 Å². The van der Waals surface area contributed by atoms with Gasteiger partial charge < -0.3 is 9.73 Å². The summed E-state index contributed by atoms with van der Waals surface area (Å²) in [6.45, 7) is 4.44. The standard InChI is InChI=1S/C18H25N3O5S/c1-4-12(2)19-17(22)13-6-5-9-21(11-13)27(24,25)14-7-8-15-16(10-14)26-18(23)20(15)3/h7-8,10,12-13H,4-6,9,11H2,1-3H3,(H,19,22)/t12-,13+/m0/s1. The smallest absolute Gasteiger partial charge is 0.408 e. The third kappa shape index (κ3) is 3.79. The van der Waals surface area contributed by atoms with Gasteiger partial charge in [0.1, 0.15) is 0 Å². The van der Waals surface area contributed by atoms with E-state index in [4.69, 9.17) is 4.42 Å². The van der Waals surface area contributed by atoms with Crippen LogP contribution in [0.15, 0.2) is 32.3 Å². The first-order valence-corrected chi connectivity index (χ1v) is 10.6. The molecule has 1 aliphatic heterocycles. The van der Waals surface area contributed by atoms with E-state index in [1.54, 1.807) is 13.1 Å². The number of nitrogens with zero attached hydrogens (tertiary/aromatic N) is 2. The second kappa shape index (κ2) is 7.47. The first-order valence-electron chi connectivity index (χ1n) is 9.14. The van der Waals surface area contributed by atoms with Crippen LogP contribution in [0.25, 0.3) is 11.1 Å². The van der Waals surface area contributed by atoms with Crippen LogP contribution in [0.2, 0.25) is 0 Å². The predicted octanol–water partition coefficient (Wildman–Crippen LogP) is 1.45. The van der Waals surface area contributed by atoms with E-state index < -0.39 is 15.8 Å². The average Bonchev–Trinajstić information content (AvgIpc) is 2.95. The molecule has 0 spiro atoms. The molecule has 0 bridgehead atoms. The molecule has 2 atom stereocenters. The highest BCUT2D eigenvalue weighted by atomic mass is 32.2. The van der Waals surface area contributed by atoms with Crippen LogP contribution >= 0.6 is 0 Å². The van der Waals surface area contributed by atoms with Crippen LogP contribution in [0.5, 0.6) is 0 Å². The first-order chi connectivity index (χ1) is 12.7. The Kier molecular flexibility index (Phi) is 5.43. The minimum absolute atomic E-state index is 0.0623. The topological polar surface area (TPSA) is 102 Å². The summed E-state index contributed by atoms with van der Waals surface area (Å²) in [7, 11) is -2.21. The summed E-state index contributed by atoms with van der Waals surface area (Å²) in [5.41, 5.74) is 0.759. The number of carbonyl (C=O) groups is 1. The highest BCUT2D eigenvalue weighted by Crippen LogP contribution is 2.26. The minimum atomic E-state index is -3.78. The number of piperidine rings is 1. The summed E-state index contributed by atoms with van der Waals surface area (Å²) >= 11 is 0. The molecule has 9 heteroatoms. The quantitative estimate of drug-likeness (QED) is 0.826. The van der Waals surface area contributed by atoms with Crippen molar-refractivity contribution in [1.29, 1.82) is 0 Å². The molecule has 1 aliphatic rings. The lowest BCUT2D eigenvalue weighted by molar-refractivity contribution is -0.126. The number of amides is 1.